The molecule has 0 aliphatic carbocycles. The van der Waals surface area contributed by atoms with Gasteiger partial charge >= 0.3 is 5.97 Å². The molecule has 6 heteroatoms. The van der Waals surface area contributed by atoms with Gasteiger partial charge in [-0.05, 0) is 19.1 Å². The van der Waals surface area contributed by atoms with Crippen molar-refractivity contribution in [1.29, 1.82) is 0 Å². The Morgan fingerprint density at radius 2 is 1.79 bits per heavy atom. The first kappa shape index (κ1) is 14.0. The molecule has 6 nitrogen and oxygen atoms in total. The van der Waals surface area contributed by atoms with Gasteiger partial charge in [-0.1, -0.05) is 18.2 Å². The van der Waals surface area contributed by atoms with E-state index in [0.717, 1.165) is 0 Å². The van der Waals surface area contributed by atoms with Crippen molar-refractivity contribution in [1.82, 2.24) is 0 Å². The normalized spacial score (nSPS) is 34.8. The molecule has 0 unspecified atom stereocenters. The maximum atomic E-state index is 11.9. The Kier molecular flexibility index (Phi) is 4.16. The van der Waals surface area contributed by atoms with Crippen molar-refractivity contribution in [3.8, 4) is 0 Å². The zero-order chi connectivity index (χ0) is 14.0. The molecule has 0 bridgehead atoms. The lowest BCUT2D eigenvalue weighted by atomic mass is 9.99. The Morgan fingerprint density at radius 3 is 2.42 bits per heavy atom. The molecule has 104 valence electrons. The van der Waals surface area contributed by atoms with Crippen molar-refractivity contribution in [2.24, 2.45) is 0 Å². The first-order valence-corrected chi connectivity index (χ1v) is 5.96. The fraction of sp³-hybridized carbons (Fsp3) is 0.462. The fourth-order valence-corrected chi connectivity index (χ4v) is 1.92. The highest BCUT2D eigenvalue weighted by Crippen LogP contribution is 2.23. The van der Waals surface area contributed by atoms with Gasteiger partial charge < -0.3 is 24.8 Å². The molecule has 1 aliphatic heterocycles. The number of hydrogen-bond donors (Lipinski definition) is 3. The summed E-state index contributed by atoms with van der Waals surface area (Å²) in [6, 6.07) is 8.21. The third kappa shape index (κ3) is 2.93. The number of carbonyl (C=O) groups excluding carboxylic acids is 1. The number of esters is 1. The van der Waals surface area contributed by atoms with Crippen LogP contribution in [0.3, 0.4) is 0 Å². The Hall–Kier alpha value is -1.47. The molecule has 0 radical (unpaired) electrons. The number of benzene rings is 1. The average Bonchev–Trinajstić information content (AvgIpc) is 2.42. The minimum absolute atomic E-state index is 0.301. The Labute approximate surface area is 110 Å². The van der Waals surface area contributed by atoms with Gasteiger partial charge in [-0.15, -0.1) is 0 Å². The van der Waals surface area contributed by atoms with Crippen molar-refractivity contribution >= 4 is 5.97 Å². The number of aliphatic hydroxyl groups is 3. The summed E-state index contributed by atoms with van der Waals surface area (Å²) in [6.07, 6.45) is -6.16. The monoisotopic (exact) mass is 268 g/mol. The Morgan fingerprint density at radius 1 is 1.16 bits per heavy atom. The number of rotatable bonds is 2. The van der Waals surface area contributed by atoms with Crippen LogP contribution in [0.25, 0.3) is 0 Å². The highest BCUT2D eigenvalue weighted by molar-refractivity contribution is 5.89. The first-order valence-electron chi connectivity index (χ1n) is 5.96. The molecule has 0 saturated carbocycles. The van der Waals surface area contributed by atoms with E-state index in [2.05, 4.69) is 0 Å². The molecule has 1 aromatic carbocycles. The molecule has 2 rings (SSSR count). The van der Waals surface area contributed by atoms with Crippen LogP contribution in [0.2, 0.25) is 0 Å². The molecule has 19 heavy (non-hydrogen) atoms. The van der Waals surface area contributed by atoms with Gasteiger partial charge in [0.05, 0.1) is 11.7 Å². The van der Waals surface area contributed by atoms with Crippen LogP contribution in [0.4, 0.5) is 0 Å². The van der Waals surface area contributed by atoms with Crippen LogP contribution in [0, 0.1) is 0 Å². The number of aliphatic hydroxyl groups excluding tert-OH is 3. The topological polar surface area (TPSA) is 96.2 Å². The second-order valence-corrected chi connectivity index (χ2v) is 4.45. The molecule has 1 aromatic rings. The highest BCUT2D eigenvalue weighted by Gasteiger charge is 2.44. The van der Waals surface area contributed by atoms with Crippen LogP contribution in [0.5, 0.6) is 0 Å². The second kappa shape index (κ2) is 5.66. The van der Waals surface area contributed by atoms with Gasteiger partial charge in [-0.2, -0.15) is 0 Å². The molecule has 1 aliphatic rings. The lowest BCUT2D eigenvalue weighted by molar-refractivity contribution is -0.276. The molecule has 1 fully saturated rings. The van der Waals surface area contributed by atoms with Gasteiger partial charge in [0.15, 0.2) is 12.4 Å². The van der Waals surface area contributed by atoms with Gasteiger partial charge in [0.2, 0.25) is 0 Å². The highest BCUT2D eigenvalue weighted by atomic mass is 16.6. The first-order chi connectivity index (χ1) is 9.00. The van der Waals surface area contributed by atoms with Crippen LogP contribution < -0.4 is 0 Å². The van der Waals surface area contributed by atoms with Crippen molar-refractivity contribution in [3.63, 3.8) is 0 Å². The SMILES string of the molecule is C[C@H]1O[C@H](O)[C@H](O)[C@@H](OC(=O)c2ccccc2)[C@H]1O. The zero-order valence-electron chi connectivity index (χ0n) is 10.3. The van der Waals surface area contributed by atoms with E-state index in [1.807, 2.05) is 0 Å². The predicted molar refractivity (Wildman–Crippen MR) is 64.2 cm³/mol. The lowest BCUT2D eigenvalue weighted by Crippen LogP contribution is -2.58. The summed E-state index contributed by atoms with van der Waals surface area (Å²) in [4.78, 5) is 11.9. The van der Waals surface area contributed by atoms with Crippen LogP contribution in [0.15, 0.2) is 30.3 Å². The zero-order valence-corrected chi connectivity index (χ0v) is 10.3. The third-order valence-electron chi connectivity index (χ3n) is 3.05. The summed E-state index contributed by atoms with van der Waals surface area (Å²) in [5, 5.41) is 29.0. The molecule has 0 amide bonds. The summed E-state index contributed by atoms with van der Waals surface area (Å²) in [5.74, 6) is -0.676. The van der Waals surface area contributed by atoms with Crippen molar-refractivity contribution in [2.45, 2.75) is 37.6 Å². The van der Waals surface area contributed by atoms with E-state index >= 15 is 0 Å². The summed E-state index contributed by atoms with van der Waals surface area (Å²) >= 11 is 0. The van der Waals surface area contributed by atoms with Crippen molar-refractivity contribution in [3.05, 3.63) is 35.9 Å². The molecular formula is C13H16O6. The minimum atomic E-state index is -1.49. The summed E-state index contributed by atoms with van der Waals surface area (Å²) in [7, 11) is 0. The number of hydrogen-bond acceptors (Lipinski definition) is 6. The van der Waals surface area contributed by atoms with Crippen molar-refractivity contribution < 1.29 is 29.6 Å². The summed E-state index contributed by atoms with van der Waals surface area (Å²) < 4.78 is 9.96. The predicted octanol–water partition coefficient (Wildman–Crippen LogP) is -0.329. The Balaban J connectivity index is 2.10. The molecule has 3 N–H and O–H groups in total. The maximum Gasteiger partial charge on any atom is 0.338 e. The largest absolute Gasteiger partial charge is 0.453 e. The third-order valence-corrected chi connectivity index (χ3v) is 3.05. The van der Waals surface area contributed by atoms with E-state index in [1.165, 1.54) is 6.92 Å². The molecule has 5 atom stereocenters. The van der Waals surface area contributed by atoms with Crippen LogP contribution in [-0.4, -0.2) is 52.0 Å². The van der Waals surface area contributed by atoms with Crippen LogP contribution >= 0.6 is 0 Å². The van der Waals surface area contributed by atoms with E-state index in [4.69, 9.17) is 9.47 Å². The van der Waals surface area contributed by atoms with Crippen LogP contribution in [-0.2, 0) is 9.47 Å². The molecule has 1 saturated heterocycles. The van der Waals surface area contributed by atoms with E-state index in [0.29, 0.717) is 5.56 Å². The second-order valence-electron chi connectivity index (χ2n) is 4.45. The van der Waals surface area contributed by atoms with Crippen molar-refractivity contribution in [2.75, 3.05) is 0 Å². The van der Waals surface area contributed by atoms with Gasteiger partial charge in [0.1, 0.15) is 12.2 Å². The van der Waals surface area contributed by atoms with Gasteiger partial charge in [0.25, 0.3) is 0 Å². The number of carbonyl (C=O) groups is 1. The van der Waals surface area contributed by atoms with E-state index in [1.54, 1.807) is 30.3 Å². The smallest absolute Gasteiger partial charge is 0.338 e. The lowest BCUT2D eigenvalue weighted by Gasteiger charge is -2.38. The van der Waals surface area contributed by atoms with Gasteiger partial charge in [0, 0.05) is 0 Å². The minimum Gasteiger partial charge on any atom is -0.453 e. The average molecular weight is 268 g/mol. The fourth-order valence-electron chi connectivity index (χ4n) is 1.92. The van der Waals surface area contributed by atoms with Gasteiger partial charge in [-0.3, -0.25) is 0 Å². The van der Waals surface area contributed by atoms with Gasteiger partial charge in [-0.25, -0.2) is 4.79 Å². The molecular weight excluding hydrogens is 252 g/mol. The molecule has 1 heterocycles. The Bertz CT molecular complexity index is 420. The molecule has 0 spiro atoms. The maximum absolute atomic E-state index is 11.9. The standard InChI is InChI=1S/C13H16O6/c1-7-9(14)11(10(15)13(17)18-7)19-12(16)8-5-3-2-4-6-8/h2-7,9-11,13-15,17H,1H3/t7-,9+,10-,11+,13+/m1/s1. The summed E-state index contributed by atoms with van der Waals surface area (Å²) in [6.45, 7) is 1.52. The summed E-state index contributed by atoms with van der Waals surface area (Å²) in [5.41, 5.74) is 0.301. The van der Waals surface area contributed by atoms with E-state index in [-0.39, 0.29) is 0 Å². The quantitative estimate of drug-likeness (QED) is 0.636. The van der Waals surface area contributed by atoms with E-state index in [9.17, 15) is 20.1 Å². The molecule has 0 aromatic heterocycles. The number of ether oxygens (including phenoxy) is 2. The van der Waals surface area contributed by atoms with E-state index < -0.39 is 36.7 Å². The van der Waals surface area contributed by atoms with Crippen LogP contribution in [0.1, 0.15) is 17.3 Å².